The fraction of sp³-hybridized carbons (Fsp3) is 0.562. The van der Waals surface area contributed by atoms with Crippen LogP contribution >= 0.6 is 0 Å². The smallest absolute Gasteiger partial charge is 0.231 e. The van der Waals surface area contributed by atoms with E-state index in [1.165, 1.54) is 0 Å². The summed E-state index contributed by atoms with van der Waals surface area (Å²) in [4.78, 5) is 14.5. The third kappa shape index (κ3) is 3.31. The van der Waals surface area contributed by atoms with Gasteiger partial charge in [0.05, 0.1) is 5.92 Å². The molecule has 1 aromatic rings. The normalized spacial score (nSPS) is 23.1. The van der Waals surface area contributed by atoms with Gasteiger partial charge in [0.15, 0.2) is 0 Å². The third-order valence-corrected chi connectivity index (χ3v) is 4.11. The second kappa shape index (κ2) is 6.75. The van der Waals surface area contributed by atoms with Gasteiger partial charge in [-0.3, -0.25) is 4.79 Å². The molecule has 0 saturated heterocycles. The summed E-state index contributed by atoms with van der Waals surface area (Å²) in [6, 6.07) is 6.80. The molecule has 1 amide bonds. The number of hydrogen-bond acceptors (Lipinski definition) is 3. The summed E-state index contributed by atoms with van der Waals surface area (Å²) in [6.45, 7) is 2.54. The van der Waals surface area contributed by atoms with E-state index in [0.29, 0.717) is 6.54 Å². The highest BCUT2D eigenvalue weighted by Gasteiger charge is 2.30. The van der Waals surface area contributed by atoms with Gasteiger partial charge in [-0.15, -0.1) is 0 Å². The maximum atomic E-state index is 12.8. The number of benzene rings is 1. The Balaban J connectivity index is 2.19. The number of phenolic OH excluding ortho intramolecular Hbond substituents is 1. The van der Waals surface area contributed by atoms with E-state index in [0.717, 1.165) is 37.8 Å². The highest BCUT2D eigenvalue weighted by Crippen LogP contribution is 2.27. The fourth-order valence-corrected chi connectivity index (χ4v) is 2.97. The molecule has 0 spiro atoms. The van der Waals surface area contributed by atoms with E-state index in [2.05, 4.69) is 0 Å². The van der Waals surface area contributed by atoms with Gasteiger partial charge in [-0.05, 0) is 31.9 Å². The monoisotopic (exact) mass is 276 g/mol. The molecule has 1 aliphatic rings. The molecule has 2 atom stereocenters. The molecule has 4 heteroatoms. The number of hydrogen-bond donors (Lipinski definition) is 2. The molecule has 3 N–H and O–H groups in total. The molecule has 1 aromatic carbocycles. The van der Waals surface area contributed by atoms with Crippen molar-refractivity contribution in [2.75, 3.05) is 11.4 Å². The van der Waals surface area contributed by atoms with Crippen LogP contribution in [0.25, 0.3) is 0 Å². The standard InChI is InChI=1S/C16H24N2O2/c1-2-18(12-7-6-8-13(19)11-12)16(20)14-9-4-3-5-10-15(14)17/h6-8,11,14-15,19H,2-5,9-10,17H2,1H3. The second-order valence-electron chi connectivity index (χ2n) is 5.51. The number of anilines is 1. The van der Waals surface area contributed by atoms with Crippen LogP contribution in [-0.4, -0.2) is 23.6 Å². The van der Waals surface area contributed by atoms with Gasteiger partial charge in [-0.25, -0.2) is 0 Å². The van der Waals surface area contributed by atoms with E-state index < -0.39 is 0 Å². The maximum absolute atomic E-state index is 12.8. The van der Waals surface area contributed by atoms with Crippen molar-refractivity contribution in [2.24, 2.45) is 11.7 Å². The van der Waals surface area contributed by atoms with Crippen LogP contribution in [0.4, 0.5) is 5.69 Å². The first-order valence-corrected chi connectivity index (χ1v) is 7.49. The molecule has 0 radical (unpaired) electrons. The molecular formula is C16H24N2O2. The SMILES string of the molecule is CCN(C(=O)C1CCCCCC1N)c1cccc(O)c1. The number of aromatic hydroxyl groups is 1. The summed E-state index contributed by atoms with van der Waals surface area (Å²) in [5.74, 6) is 0.172. The Hall–Kier alpha value is -1.55. The van der Waals surface area contributed by atoms with E-state index in [1.807, 2.05) is 13.0 Å². The lowest BCUT2D eigenvalue weighted by Gasteiger charge is -2.28. The van der Waals surface area contributed by atoms with E-state index in [4.69, 9.17) is 5.73 Å². The molecule has 0 aromatic heterocycles. The Morgan fingerprint density at radius 3 is 2.80 bits per heavy atom. The van der Waals surface area contributed by atoms with Crippen molar-refractivity contribution in [1.29, 1.82) is 0 Å². The van der Waals surface area contributed by atoms with Gasteiger partial charge >= 0.3 is 0 Å². The molecule has 0 aliphatic heterocycles. The molecule has 2 unspecified atom stereocenters. The number of carbonyl (C=O) groups is 1. The van der Waals surface area contributed by atoms with Crippen LogP contribution in [0, 0.1) is 5.92 Å². The van der Waals surface area contributed by atoms with E-state index in [1.54, 1.807) is 23.1 Å². The Labute approximate surface area is 120 Å². The van der Waals surface area contributed by atoms with Crippen LogP contribution in [0.15, 0.2) is 24.3 Å². The van der Waals surface area contributed by atoms with Crippen molar-refractivity contribution in [3.63, 3.8) is 0 Å². The fourth-order valence-electron chi connectivity index (χ4n) is 2.97. The van der Waals surface area contributed by atoms with Crippen LogP contribution in [-0.2, 0) is 4.79 Å². The van der Waals surface area contributed by atoms with Gasteiger partial charge in [-0.1, -0.05) is 25.3 Å². The van der Waals surface area contributed by atoms with Crippen molar-refractivity contribution in [1.82, 2.24) is 0 Å². The highest BCUT2D eigenvalue weighted by molar-refractivity contribution is 5.95. The summed E-state index contributed by atoms with van der Waals surface area (Å²) in [7, 11) is 0. The Morgan fingerprint density at radius 2 is 2.10 bits per heavy atom. The Bertz CT molecular complexity index is 462. The number of rotatable bonds is 3. The minimum Gasteiger partial charge on any atom is -0.508 e. The van der Waals surface area contributed by atoms with Crippen molar-refractivity contribution in [3.05, 3.63) is 24.3 Å². The highest BCUT2D eigenvalue weighted by atomic mass is 16.3. The van der Waals surface area contributed by atoms with Crippen molar-refractivity contribution in [3.8, 4) is 5.75 Å². The molecule has 4 nitrogen and oxygen atoms in total. The predicted molar refractivity (Wildman–Crippen MR) is 80.7 cm³/mol. The first-order valence-electron chi connectivity index (χ1n) is 7.49. The zero-order valence-corrected chi connectivity index (χ0v) is 12.1. The lowest BCUT2D eigenvalue weighted by Crippen LogP contribution is -2.44. The van der Waals surface area contributed by atoms with Gasteiger partial charge < -0.3 is 15.7 Å². The minimum atomic E-state index is -0.0974. The second-order valence-corrected chi connectivity index (χ2v) is 5.51. The quantitative estimate of drug-likeness (QED) is 0.834. The topological polar surface area (TPSA) is 66.6 Å². The van der Waals surface area contributed by atoms with Gasteiger partial charge in [-0.2, -0.15) is 0 Å². The van der Waals surface area contributed by atoms with Gasteiger partial charge in [0.1, 0.15) is 5.75 Å². The van der Waals surface area contributed by atoms with Gasteiger partial charge in [0.25, 0.3) is 0 Å². The Kier molecular flexibility index (Phi) is 5.01. The molecule has 1 saturated carbocycles. The van der Waals surface area contributed by atoms with Crippen LogP contribution < -0.4 is 10.6 Å². The van der Waals surface area contributed by atoms with E-state index in [-0.39, 0.29) is 23.6 Å². The first kappa shape index (κ1) is 14.9. The average Bonchev–Trinajstić information content (AvgIpc) is 2.64. The van der Waals surface area contributed by atoms with Crippen LogP contribution in [0.2, 0.25) is 0 Å². The number of nitrogens with two attached hydrogens (primary N) is 1. The van der Waals surface area contributed by atoms with E-state index in [9.17, 15) is 9.90 Å². The summed E-state index contributed by atoms with van der Waals surface area (Å²) in [5.41, 5.74) is 6.93. The number of phenols is 1. The number of amides is 1. The molecule has 0 heterocycles. The molecule has 0 bridgehead atoms. The third-order valence-electron chi connectivity index (χ3n) is 4.11. The molecule has 1 aliphatic carbocycles. The summed E-state index contributed by atoms with van der Waals surface area (Å²) < 4.78 is 0. The van der Waals surface area contributed by atoms with Gasteiger partial charge in [0, 0.05) is 24.3 Å². The molecule has 2 rings (SSSR count). The predicted octanol–water partition coefficient (Wildman–Crippen LogP) is 2.65. The van der Waals surface area contributed by atoms with Crippen LogP contribution in [0.1, 0.15) is 39.0 Å². The molecule has 110 valence electrons. The molecular weight excluding hydrogens is 252 g/mol. The van der Waals surface area contributed by atoms with Crippen LogP contribution in [0.5, 0.6) is 5.75 Å². The van der Waals surface area contributed by atoms with Crippen molar-refractivity contribution < 1.29 is 9.90 Å². The zero-order valence-electron chi connectivity index (χ0n) is 12.1. The van der Waals surface area contributed by atoms with Gasteiger partial charge in [0.2, 0.25) is 5.91 Å². The minimum absolute atomic E-state index is 0.0450. The largest absolute Gasteiger partial charge is 0.508 e. The van der Waals surface area contributed by atoms with Crippen LogP contribution in [0.3, 0.4) is 0 Å². The number of nitrogens with zero attached hydrogens (tertiary/aromatic N) is 1. The van der Waals surface area contributed by atoms with Crippen molar-refractivity contribution in [2.45, 2.75) is 45.1 Å². The lowest BCUT2D eigenvalue weighted by atomic mass is 9.93. The first-order chi connectivity index (χ1) is 9.63. The van der Waals surface area contributed by atoms with E-state index >= 15 is 0 Å². The Morgan fingerprint density at radius 1 is 1.35 bits per heavy atom. The van der Waals surface area contributed by atoms with Crippen molar-refractivity contribution >= 4 is 11.6 Å². The molecule has 20 heavy (non-hydrogen) atoms. The zero-order chi connectivity index (χ0) is 14.5. The summed E-state index contributed by atoms with van der Waals surface area (Å²) in [6.07, 6.45) is 5.14. The lowest BCUT2D eigenvalue weighted by molar-refractivity contribution is -0.123. The maximum Gasteiger partial charge on any atom is 0.231 e. The average molecular weight is 276 g/mol. The molecule has 1 fully saturated rings. The number of carbonyl (C=O) groups excluding carboxylic acids is 1. The summed E-state index contributed by atoms with van der Waals surface area (Å²) >= 11 is 0. The summed E-state index contributed by atoms with van der Waals surface area (Å²) in [5, 5.41) is 9.58.